The summed E-state index contributed by atoms with van der Waals surface area (Å²) >= 11 is 0. The van der Waals surface area contributed by atoms with E-state index < -0.39 is 35.3 Å². The molecule has 2 aromatic carbocycles. The molecule has 0 heterocycles. The summed E-state index contributed by atoms with van der Waals surface area (Å²) in [4.78, 5) is 49.9. The van der Waals surface area contributed by atoms with Crippen LogP contribution >= 0.6 is 0 Å². The fourth-order valence-corrected chi connectivity index (χ4v) is 2.60. The third-order valence-corrected chi connectivity index (χ3v) is 3.91. The van der Waals surface area contributed by atoms with Gasteiger partial charge in [0, 0.05) is 0 Å². The Morgan fingerprint density at radius 2 is 0.923 bits per heavy atom. The SMILES string of the molecule is COC(=O)C(C(=O)C(=O)C(C(=O)OC)c1ccccc1)c1ccccc1. The Hall–Kier alpha value is -3.28. The monoisotopic (exact) mass is 354 g/mol. The van der Waals surface area contributed by atoms with Crippen molar-refractivity contribution in [2.24, 2.45) is 0 Å². The average Bonchev–Trinajstić information content (AvgIpc) is 2.69. The average molecular weight is 354 g/mol. The first kappa shape index (κ1) is 19.1. The number of methoxy groups -OCH3 is 2. The number of carbonyl (C=O) groups excluding carboxylic acids is 4. The second kappa shape index (κ2) is 8.71. The molecule has 0 aliphatic rings. The maximum Gasteiger partial charge on any atom is 0.321 e. The summed E-state index contributed by atoms with van der Waals surface area (Å²) in [6, 6.07) is 16.2. The van der Waals surface area contributed by atoms with Crippen molar-refractivity contribution < 1.29 is 28.7 Å². The van der Waals surface area contributed by atoms with Gasteiger partial charge in [-0.25, -0.2) is 0 Å². The molecule has 0 fully saturated rings. The first-order valence-corrected chi connectivity index (χ1v) is 7.84. The van der Waals surface area contributed by atoms with Crippen LogP contribution in [0, 0.1) is 0 Å². The van der Waals surface area contributed by atoms with Crippen molar-refractivity contribution in [3.63, 3.8) is 0 Å². The van der Waals surface area contributed by atoms with Crippen molar-refractivity contribution in [1.82, 2.24) is 0 Å². The Kier molecular flexibility index (Phi) is 6.38. The Labute approximate surface area is 150 Å². The number of esters is 2. The van der Waals surface area contributed by atoms with Crippen LogP contribution < -0.4 is 0 Å². The van der Waals surface area contributed by atoms with Crippen LogP contribution in [0.3, 0.4) is 0 Å². The minimum atomic E-state index is -1.44. The van der Waals surface area contributed by atoms with E-state index in [1.807, 2.05) is 0 Å². The molecule has 134 valence electrons. The van der Waals surface area contributed by atoms with Crippen molar-refractivity contribution in [3.05, 3.63) is 71.8 Å². The normalized spacial score (nSPS) is 12.5. The van der Waals surface area contributed by atoms with Crippen molar-refractivity contribution in [2.75, 3.05) is 14.2 Å². The summed E-state index contributed by atoms with van der Waals surface area (Å²) in [7, 11) is 2.26. The highest BCUT2D eigenvalue weighted by Gasteiger charge is 2.41. The number of Topliss-reactive ketones (excluding diaryl/α,β-unsaturated/α-hetero) is 2. The number of rotatable bonds is 7. The molecule has 0 amide bonds. The summed E-state index contributed by atoms with van der Waals surface area (Å²) < 4.78 is 9.36. The van der Waals surface area contributed by atoms with E-state index >= 15 is 0 Å². The highest BCUT2D eigenvalue weighted by molar-refractivity contribution is 6.47. The molecule has 0 N–H and O–H groups in total. The molecule has 2 aromatic rings. The van der Waals surface area contributed by atoms with Gasteiger partial charge in [-0.05, 0) is 11.1 Å². The molecule has 0 aliphatic carbocycles. The smallest absolute Gasteiger partial charge is 0.321 e. The minimum Gasteiger partial charge on any atom is -0.468 e. The number of ketones is 2. The maximum atomic E-state index is 12.8. The Bertz CT molecular complexity index is 728. The van der Waals surface area contributed by atoms with Gasteiger partial charge in [0.1, 0.15) is 11.8 Å². The Morgan fingerprint density at radius 3 is 1.19 bits per heavy atom. The van der Waals surface area contributed by atoms with E-state index in [1.54, 1.807) is 60.7 Å². The predicted molar refractivity (Wildman–Crippen MR) is 92.4 cm³/mol. The zero-order valence-electron chi connectivity index (χ0n) is 14.4. The molecule has 0 saturated heterocycles. The Morgan fingerprint density at radius 1 is 0.615 bits per heavy atom. The van der Waals surface area contributed by atoms with Gasteiger partial charge in [0.15, 0.2) is 0 Å². The van der Waals surface area contributed by atoms with Crippen molar-refractivity contribution in [3.8, 4) is 0 Å². The summed E-state index contributed by atoms with van der Waals surface area (Å²) in [5, 5.41) is 0. The molecule has 2 unspecified atom stereocenters. The van der Waals surface area contributed by atoms with E-state index in [2.05, 4.69) is 9.47 Å². The molecule has 2 rings (SSSR count). The molecule has 2 atom stereocenters. The van der Waals surface area contributed by atoms with Crippen LogP contribution in [0.5, 0.6) is 0 Å². The summed E-state index contributed by atoms with van der Waals surface area (Å²) in [6.45, 7) is 0. The van der Waals surface area contributed by atoms with Gasteiger partial charge in [-0.3, -0.25) is 19.2 Å². The summed E-state index contributed by atoms with van der Waals surface area (Å²) in [6.07, 6.45) is 0. The molecule has 26 heavy (non-hydrogen) atoms. The van der Waals surface area contributed by atoms with Crippen LogP contribution in [-0.2, 0) is 28.7 Å². The molecule has 0 saturated carbocycles. The van der Waals surface area contributed by atoms with Crippen LogP contribution in [0.25, 0.3) is 0 Å². The summed E-state index contributed by atoms with van der Waals surface area (Å²) in [5.74, 6) is -6.67. The number of hydrogen-bond acceptors (Lipinski definition) is 6. The van der Waals surface area contributed by atoms with Crippen LogP contribution in [0.1, 0.15) is 23.0 Å². The second-order valence-electron chi connectivity index (χ2n) is 5.46. The second-order valence-corrected chi connectivity index (χ2v) is 5.46. The molecular weight excluding hydrogens is 336 g/mol. The van der Waals surface area contributed by atoms with Crippen molar-refractivity contribution >= 4 is 23.5 Å². The highest BCUT2D eigenvalue weighted by Crippen LogP contribution is 2.25. The highest BCUT2D eigenvalue weighted by atomic mass is 16.5. The molecule has 0 aliphatic heterocycles. The van der Waals surface area contributed by atoms with Gasteiger partial charge >= 0.3 is 11.9 Å². The molecule has 6 heteroatoms. The lowest BCUT2D eigenvalue weighted by molar-refractivity contribution is -0.153. The number of hydrogen-bond donors (Lipinski definition) is 0. The fourth-order valence-electron chi connectivity index (χ4n) is 2.60. The fraction of sp³-hybridized carbons (Fsp3) is 0.200. The quantitative estimate of drug-likeness (QED) is 0.430. The van der Waals surface area contributed by atoms with Gasteiger partial charge < -0.3 is 9.47 Å². The van der Waals surface area contributed by atoms with Gasteiger partial charge in [-0.2, -0.15) is 0 Å². The molecule has 0 bridgehead atoms. The topological polar surface area (TPSA) is 86.7 Å². The molecule has 6 nitrogen and oxygen atoms in total. The van der Waals surface area contributed by atoms with E-state index in [0.29, 0.717) is 11.1 Å². The van der Waals surface area contributed by atoms with E-state index in [1.165, 1.54) is 0 Å². The predicted octanol–water partition coefficient (Wildman–Crippen LogP) is 2.04. The van der Waals surface area contributed by atoms with Crippen LogP contribution in [0.15, 0.2) is 60.7 Å². The zero-order valence-corrected chi connectivity index (χ0v) is 14.4. The molecule has 0 radical (unpaired) electrons. The number of ether oxygens (including phenoxy) is 2. The van der Waals surface area contributed by atoms with E-state index in [9.17, 15) is 19.2 Å². The van der Waals surface area contributed by atoms with Gasteiger partial charge in [-0.1, -0.05) is 60.7 Å². The molecule has 0 aromatic heterocycles. The Balaban J connectivity index is 2.44. The molecular formula is C20H18O6. The third kappa shape index (κ3) is 4.03. The van der Waals surface area contributed by atoms with E-state index in [-0.39, 0.29) is 0 Å². The van der Waals surface area contributed by atoms with E-state index in [0.717, 1.165) is 14.2 Å². The van der Waals surface area contributed by atoms with Gasteiger partial charge in [0.2, 0.25) is 11.6 Å². The van der Waals surface area contributed by atoms with Crippen LogP contribution in [-0.4, -0.2) is 37.7 Å². The number of benzene rings is 2. The first-order valence-electron chi connectivity index (χ1n) is 7.84. The van der Waals surface area contributed by atoms with Gasteiger partial charge in [0.05, 0.1) is 14.2 Å². The lowest BCUT2D eigenvalue weighted by Gasteiger charge is -2.17. The van der Waals surface area contributed by atoms with Gasteiger partial charge in [-0.15, -0.1) is 0 Å². The number of carbonyl (C=O) groups is 4. The van der Waals surface area contributed by atoms with Crippen molar-refractivity contribution in [2.45, 2.75) is 11.8 Å². The molecule has 0 spiro atoms. The standard InChI is InChI=1S/C20H18O6/c1-25-19(23)15(13-9-5-3-6-10-13)17(21)18(22)16(20(24)26-2)14-11-7-4-8-12-14/h3-12,15-16H,1-2H3. The van der Waals surface area contributed by atoms with Crippen LogP contribution in [0.4, 0.5) is 0 Å². The van der Waals surface area contributed by atoms with Crippen LogP contribution in [0.2, 0.25) is 0 Å². The lowest BCUT2D eigenvalue weighted by Crippen LogP contribution is -2.35. The van der Waals surface area contributed by atoms with Gasteiger partial charge in [0.25, 0.3) is 0 Å². The first-order chi connectivity index (χ1) is 12.5. The maximum absolute atomic E-state index is 12.8. The summed E-state index contributed by atoms with van der Waals surface area (Å²) in [5.41, 5.74) is 0.628. The lowest BCUT2D eigenvalue weighted by atomic mass is 9.85. The van der Waals surface area contributed by atoms with E-state index in [4.69, 9.17) is 0 Å². The van der Waals surface area contributed by atoms with Crippen molar-refractivity contribution in [1.29, 1.82) is 0 Å². The zero-order chi connectivity index (χ0) is 19.1. The minimum absolute atomic E-state index is 0.314. The third-order valence-electron chi connectivity index (χ3n) is 3.91. The largest absolute Gasteiger partial charge is 0.468 e.